The average Bonchev–Trinajstić information content (AvgIpc) is 2.45. The quantitative estimate of drug-likeness (QED) is 0.574. The molecular weight excluding hydrogens is 198 g/mol. The van der Waals surface area contributed by atoms with Crippen LogP contribution in [0.3, 0.4) is 0 Å². The van der Waals surface area contributed by atoms with Crippen LogP contribution >= 0.6 is 0 Å². The lowest BCUT2D eigenvalue weighted by Gasteiger charge is -2.51. The first kappa shape index (κ1) is 10.4. The standard InChI is InChI=1S/C14H21NO/c1-11-5-8-15-12(16)10-13(2)6-3-4-7-14(13,15)9-11/h9H,3-8,10H2,1-2H3. The highest BCUT2D eigenvalue weighted by Gasteiger charge is 2.60. The molecule has 0 aromatic carbocycles. The lowest BCUT2D eigenvalue weighted by Crippen LogP contribution is -2.55. The third-order valence-electron chi connectivity index (χ3n) is 5.12. The zero-order valence-electron chi connectivity index (χ0n) is 10.4. The van der Waals surface area contributed by atoms with Gasteiger partial charge < -0.3 is 4.90 Å². The molecule has 1 saturated carbocycles. The minimum absolute atomic E-state index is 0.0880. The summed E-state index contributed by atoms with van der Waals surface area (Å²) < 4.78 is 0. The SMILES string of the molecule is CC1=CC23CCCCC2(C)CC(=O)N3CC1. The van der Waals surface area contributed by atoms with Crippen LogP contribution in [0.5, 0.6) is 0 Å². The van der Waals surface area contributed by atoms with E-state index >= 15 is 0 Å². The zero-order valence-corrected chi connectivity index (χ0v) is 10.4. The molecule has 2 nitrogen and oxygen atoms in total. The maximum Gasteiger partial charge on any atom is 0.223 e. The van der Waals surface area contributed by atoms with E-state index < -0.39 is 0 Å². The van der Waals surface area contributed by atoms with Crippen molar-refractivity contribution in [2.75, 3.05) is 6.54 Å². The monoisotopic (exact) mass is 219 g/mol. The van der Waals surface area contributed by atoms with Crippen molar-refractivity contribution in [1.82, 2.24) is 4.90 Å². The second kappa shape index (κ2) is 3.12. The van der Waals surface area contributed by atoms with E-state index in [0.717, 1.165) is 19.4 Å². The highest BCUT2D eigenvalue weighted by molar-refractivity contribution is 5.82. The molecule has 0 bridgehead atoms. The number of rotatable bonds is 0. The Balaban J connectivity index is 2.12. The molecule has 0 aromatic heterocycles. The maximum absolute atomic E-state index is 12.2. The van der Waals surface area contributed by atoms with Gasteiger partial charge in [0.2, 0.25) is 5.91 Å². The maximum atomic E-state index is 12.2. The fraction of sp³-hybridized carbons (Fsp3) is 0.786. The van der Waals surface area contributed by atoms with Gasteiger partial charge in [-0.3, -0.25) is 4.79 Å². The average molecular weight is 219 g/mol. The number of hydrogen-bond donors (Lipinski definition) is 0. The summed E-state index contributed by atoms with van der Waals surface area (Å²) in [4.78, 5) is 14.4. The van der Waals surface area contributed by atoms with Crippen LogP contribution < -0.4 is 0 Å². The van der Waals surface area contributed by atoms with E-state index in [-0.39, 0.29) is 11.0 Å². The molecular formula is C14H21NO. The van der Waals surface area contributed by atoms with E-state index in [0.29, 0.717) is 5.91 Å². The molecule has 1 saturated heterocycles. The minimum Gasteiger partial charge on any atom is -0.333 e. The van der Waals surface area contributed by atoms with Crippen LogP contribution in [-0.2, 0) is 4.79 Å². The summed E-state index contributed by atoms with van der Waals surface area (Å²) in [7, 11) is 0. The molecule has 0 N–H and O–H groups in total. The summed E-state index contributed by atoms with van der Waals surface area (Å²) in [6.07, 6.45) is 9.27. The van der Waals surface area contributed by atoms with Crippen LogP contribution in [0.15, 0.2) is 11.6 Å². The van der Waals surface area contributed by atoms with Crippen LogP contribution in [0.4, 0.5) is 0 Å². The molecule has 88 valence electrons. The molecule has 2 atom stereocenters. The van der Waals surface area contributed by atoms with Gasteiger partial charge in [-0.1, -0.05) is 31.4 Å². The van der Waals surface area contributed by atoms with Gasteiger partial charge >= 0.3 is 0 Å². The highest BCUT2D eigenvalue weighted by atomic mass is 16.2. The zero-order chi connectivity index (χ0) is 11.4. The summed E-state index contributed by atoms with van der Waals surface area (Å²) >= 11 is 0. The predicted molar refractivity (Wildman–Crippen MR) is 64.0 cm³/mol. The molecule has 0 aromatic rings. The first-order chi connectivity index (χ1) is 7.57. The highest BCUT2D eigenvalue weighted by Crippen LogP contribution is 2.57. The number of hydrogen-bond acceptors (Lipinski definition) is 1. The van der Waals surface area contributed by atoms with Crippen molar-refractivity contribution in [2.45, 2.75) is 57.9 Å². The Kier molecular flexibility index (Phi) is 2.02. The molecule has 2 heteroatoms. The van der Waals surface area contributed by atoms with Crippen molar-refractivity contribution < 1.29 is 4.79 Å². The van der Waals surface area contributed by atoms with Crippen LogP contribution in [0.25, 0.3) is 0 Å². The summed E-state index contributed by atoms with van der Waals surface area (Å²) in [6.45, 7) is 5.51. The van der Waals surface area contributed by atoms with Crippen LogP contribution in [0.2, 0.25) is 0 Å². The van der Waals surface area contributed by atoms with Crippen molar-refractivity contribution in [3.8, 4) is 0 Å². The first-order valence-corrected chi connectivity index (χ1v) is 6.56. The Morgan fingerprint density at radius 2 is 2.06 bits per heavy atom. The number of carbonyl (C=O) groups excluding carboxylic acids is 1. The Morgan fingerprint density at radius 3 is 2.88 bits per heavy atom. The van der Waals surface area contributed by atoms with Crippen molar-refractivity contribution in [1.29, 1.82) is 0 Å². The molecule has 1 aliphatic carbocycles. The summed E-state index contributed by atoms with van der Waals surface area (Å²) in [6, 6.07) is 0. The van der Waals surface area contributed by atoms with Crippen molar-refractivity contribution in [2.24, 2.45) is 5.41 Å². The lowest BCUT2D eigenvalue weighted by atomic mass is 9.61. The Hall–Kier alpha value is -0.790. The molecule has 3 rings (SSSR count). The van der Waals surface area contributed by atoms with E-state index in [4.69, 9.17) is 0 Å². The van der Waals surface area contributed by atoms with E-state index in [9.17, 15) is 4.79 Å². The number of carbonyl (C=O) groups is 1. The van der Waals surface area contributed by atoms with Gasteiger partial charge in [0.05, 0.1) is 5.54 Å². The first-order valence-electron chi connectivity index (χ1n) is 6.56. The predicted octanol–water partition coefficient (Wildman–Crippen LogP) is 2.89. The van der Waals surface area contributed by atoms with Gasteiger partial charge in [-0.2, -0.15) is 0 Å². The second-order valence-electron chi connectivity index (χ2n) is 6.15. The van der Waals surface area contributed by atoms with Gasteiger partial charge in [0.15, 0.2) is 0 Å². The van der Waals surface area contributed by atoms with Crippen molar-refractivity contribution >= 4 is 5.91 Å². The lowest BCUT2D eigenvalue weighted by molar-refractivity contribution is -0.130. The van der Waals surface area contributed by atoms with Gasteiger partial charge in [0, 0.05) is 18.4 Å². The largest absolute Gasteiger partial charge is 0.333 e. The molecule has 2 heterocycles. The van der Waals surface area contributed by atoms with Crippen molar-refractivity contribution in [3.63, 3.8) is 0 Å². The molecule has 2 aliphatic heterocycles. The third-order valence-corrected chi connectivity index (χ3v) is 5.12. The van der Waals surface area contributed by atoms with E-state index in [1.54, 1.807) is 0 Å². The molecule has 0 radical (unpaired) electrons. The fourth-order valence-corrected chi connectivity index (χ4v) is 4.20. The Labute approximate surface area is 97.7 Å². The topological polar surface area (TPSA) is 20.3 Å². The summed E-state index contributed by atoms with van der Waals surface area (Å²) in [5.41, 5.74) is 1.79. The Bertz CT molecular complexity index is 373. The van der Waals surface area contributed by atoms with Crippen molar-refractivity contribution in [3.05, 3.63) is 11.6 Å². The molecule has 1 spiro atoms. The smallest absolute Gasteiger partial charge is 0.223 e. The van der Waals surface area contributed by atoms with Gasteiger partial charge in [-0.25, -0.2) is 0 Å². The summed E-state index contributed by atoms with van der Waals surface area (Å²) in [5, 5.41) is 0. The molecule has 3 aliphatic rings. The van der Waals surface area contributed by atoms with Gasteiger partial charge in [0.25, 0.3) is 0 Å². The summed E-state index contributed by atoms with van der Waals surface area (Å²) in [5.74, 6) is 0.396. The normalized spacial score (nSPS) is 42.8. The van der Waals surface area contributed by atoms with Crippen LogP contribution in [-0.4, -0.2) is 22.9 Å². The Morgan fingerprint density at radius 1 is 1.31 bits per heavy atom. The number of amides is 1. The van der Waals surface area contributed by atoms with E-state index in [2.05, 4.69) is 24.8 Å². The van der Waals surface area contributed by atoms with E-state index in [1.807, 2.05) is 0 Å². The molecule has 2 fully saturated rings. The second-order valence-corrected chi connectivity index (χ2v) is 6.15. The minimum atomic E-state index is 0.0880. The molecule has 1 amide bonds. The van der Waals surface area contributed by atoms with Crippen LogP contribution in [0, 0.1) is 5.41 Å². The molecule has 2 unspecified atom stereocenters. The molecule has 16 heavy (non-hydrogen) atoms. The van der Waals surface area contributed by atoms with Crippen LogP contribution in [0.1, 0.15) is 52.4 Å². The van der Waals surface area contributed by atoms with E-state index in [1.165, 1.54) is 31.3 Å². The van der Waals surface area contributed by atoms with Gasteiger partial charge in [0.1, 0.15) is 0 Å². The fourth-order valence-electron chi connectivity index (χ4n) is 4.20. The number of nitrogens with zero attached hydrogens (tertiary/aromatic N) is 1. The van der Waals surface area contributed by atoms with Gasteiger partial charge in [-0.15, -0.1) is 0 Å². The van der Waals surface area contributed by atoms with Gasteiger partial charge in [-0.05, 0) is 26.2 Å². The third kappa shape index (κ3) is 1.11.